The lowest BCUT2D eigenvalue weighted by Gasteiger charge is -1.95. The van der Waals surface area contributed by atoms with Gasteiger partial charge in [-0.1, -0.05) is 6.07 Å². The molecule has 16 heavy (non-hydrogen) atoms. The van der Waals surface area contributed by atoms with E-state index in [-0.39, 0.29) is 13.2 Å². The number of hydrogen-bond acceptors (Lipinski definition) is 4. The van der Waals surface area contributed by atoms with Crippen LogP contribution in [0, 0.1) is 0 Å². The molecule has 1 aromatic heterocycles. The summed E-state index contributed by atoms with van der Waals surface area (Å²) in [5.41, 5.74) is 1.35. The first kappa shape index (κ1) is 11.1. The topological polar surface area (TPSA) is 72.6 Å². The summed E-state index contributed by atoms with van der Waals surface area (Å²) in [5.74, 6) is -0.652. The number of oxazole rings is 1. The van der Waals surface area contributed by atoms with E-state index in [1.54, 1.807) is 0 Å². The molecule has 6 heteroatoms. The van der Waals surface area contributed by atoms with Gasteiger partial charge in [0.15, 0.2) is 5.58 Å². The summed E-state index contributed by atoms with van der Waals surface area (Å²) >= 11 is 3.33. The minimum atomic E-state index is -1.02. The SMILES string of the molecule is O=C(O)COCc1nc2cccc(Br)c2o1. The average Bonchev–Trinajstić information content (AvgIpc) is 2.61. The Labute approximate surface area is 99.2 Å². The van der Waals surface area contributed by atoms with Crippen molar-refractivity contribution >= 4 is 33.0 Å². The van der Waals surface area contributed by atoms with Gasteiger partial charge in [0.1, 0.15) is 18.7 Å². The number of para-hydroxylation sites is 1. The Morgan fingerprint density at radius 1 is 1.56 bits per heavy atom. The Balaban J connectivity index is 2.14. The average molecular weight is 286 g/mol. The number of carboxylic acid groups (broad SMARTS) is 1. The van der Waals surface area contributed by atoms with E-state index in [1.807, 2.05) is 18.2 Å². The molecule has 0 fully saturated rings. The molecule has 0 aliphatic carbocycles. The lowest BCUT2D eigenvalue weighted by atomic mass is 10.3. The number of ether oxygens (including phenoxy) is 1. The van der Waals surface area contributed by atoms with Gasteiger partial charge in [-0.25, -0.2) is 9.78 Å². The van der Waals surface area contributed by atoms with Crippen LogP contribution in [0.1, 0.15) is 5.89 Å². The molecule has 0 aliphatic rings. The van der Waals surface area contributed by atoms with Gasteiger partial charge in [0.25, 0.3) is 0 Å². The Morgan fingerprint density at radius 3 is 3.06 bits per heavy atom. The molecular weight excluding hydrogens is 278 g/mol. The van der Waals surface area contributed by atoms with Crippen LogP contribution in [0.15, 0.2) is 27.1 Å². The van der Waals surface area contributed by atoms with Crippen LogP contribution < -0.4 is 0 Å². The van der Waals surface area contributed by atoms with Gasteiger partial charge in [0.2, 0.25) is 5.89 Å². The van der Waals surface area contributed by atoms with E-state index in [0.29, 0.717) is 17.0 Å². The van der Waals surface area contributed by atoms with Gasteiger partial charge in [-0.2, -0.15) is 0 Å². The first-order valence-electron chi connectivity index (χ1n) is 4.50. The highest BCUT2D eigenvalue weighted by atomic mass is 79.9. The second-order valence-corrected chi connectivity index (χ2v) is 3.94. The molecule has 0 saturated heterocycles. The standard InChI is InChI=1S/C10H8BrNO4/c11-6-2-1-3-7-10(6)16-8(12-7)4-15-5-9(13)14/h1-3H,4-5H2,(H,13,14). The number of carbonyl (C=O) groups is 1. The predicted molar refractivity (Wildman–Crippen MR) is 59.0 cm³/mol. The number of benzene rings is 1. The summed E-state index contributed by atoms with van der Waals surface area (Å²) in [6, 6.07) is 5.50. The van der Waals surface area contributed by atoms with Crippen molar-refractivity contribution in [1.29, 1.82) is 0 Å². The van der Waals surface area contributed by atoms with Crippen molar-refractivity contribution in [3.05, 3.63) is 28.6 Å². The first-order chi connectivity index (χ1) is 7.66. The lowest BCUT2D eigenvalue weighted by Crippen LogP contribution is -2.06. The zero-order valence-electron chi connectivity index (χ0n) is 8.14. The molecule has 0 unspecified atom stereocenters. The van der Waals surface area contributed by atoms with Crippen LogP contribution >= 0.6 is 15.9 Å². The Morgan fingerprint density at radius 2 is 2.38 bits per heavy atom. The highest BCUT2D eigenvalue weighted by Crippen LogP contribution is 2.24. The fourth-order valence-corrected chi connectivity index (χ4v) is 1.69. The van der Waals surface area contributed by atoms with Crippen molar-refractivity contribution < 1.29 is 19.1 Å². The summed E-state index contributed by atoms with van der Waals surface area (Å²) in [4.78, 5) is 14.4. The third kappa shape index (κ3) is 2.40. The zero-order chi connectivity index (χ0) is 11.5. The van der Waals surface area contributed by atoms with Crippen LogP contribution in [0.3, 0.4) is 0 Å². The molecule has 1 aromatic carbocycles. The van der Waals surface area contributed by atoms with Gasteiger partial charge >= 0.3 is 5.97 Å². The quantitative estimate of drug-likeness (QED) is 0.932. The van der Waals surface area contributed by atoms with Crippen molar-refractivity contribution in [3.8, 4) is 0 Å². The molecule has 0 spiro atoms. The van der Waals surface area contributed by atoms with Gasteiger partial charge < -0.3 is 14.3 Å². The lowest BCUT2D eigenvalue weighted by molar-refractivity contribution is -0.142. The summed E-state index contributed by atoms with van der Waals surface area (Å²) in [6.45, 7) is -0.312. The molecular formula is C10H8BrNO4. The number of halogens is 1. The maximum absolute atomic E-state index is 10.2. The predicted octanol–water partition coefficient (Wildman–Crippen LogP) is 2.19. The molecule has 0 saturated carbocycles. The van der Waals surface area contributed by atoms with Crippen LogP contribution in [0.2, 0.25) is 0 Å². The van der Waals surface area contributed by atoms with Crippen LogP contribution in [0.5, 0.6) is 0 Å². The van der Waals surface area contributed by atoms with E-state index >= 15 is 0 Å². The molecule has 0 bridgehead atoms. The van der Waals surface area contributed by atoms with Gasteiger partial charge in [-0.15, -0.1) is 0 Å². The number of aromatic nitrogens is 1. The molecule has 1 heterocycles. The van der Waals surface area contributed by atoms with Gasteiger partial charge in [0, 0.05) is 0 Å². The maximum Gasteiger partial charge on any atom is 0.329 e. The second-order valence-electron chi connectivity index (χ2n) is 3.08. The van der Waals surface area contributed by atoms with Crippen molar-refractivity contribution in [3.63, 3.8) is 0 Å². The number of rotatable bonds is 4. The Hall–Kier alpha value is -1.40. The van der Waals surface area contributed by atoms with Gasteiger partial charge in [-0.05, 0) is 28.1 Å². The number of hydrogen-bond donors (Lipinski definition) is 1. The number of nitrogens with zero attached hydrogens (tertiary/aromatic N) is 1. The van der Waals surface area contributed by atoms with Crippen molar-refractivity contribution in [2.45, 2.75) is 6.61 Å². The summed E-state index contributed by atoms with van der Waals surface area (Å²) in [5, 5.41) is 8.39. The van der Waals surface area contributed by atoms with Gasteiger partial charge in [-0.3, -0.25) is 0 Å². The molecule has 0 aliphatic heterocycles. The number of fused-ring (bicyclic) bond motifs is 1. The molecule has 84 valence electrons. The second kappa shape index (κ2) is 4.63. The van der Waals surface area contributed by atoms with Crippen molar-refractivity contribution in [2.24, 2.45) is 0 Å². The minimum Gasteiger partial charge on any atom is -0.480 e. The van der Waals surface area contributed by atoms with Crippen LogP contribution in [-0.2, 0) is 16.1 Å². The number of carboxylic acids is 1. The molecule has 2 aromatic rings. The van der Waals surface area contributed by atoms with Crippen LogP contribution in [0.4, 0.5) is 0 Å². The molecule has 5 nitrogen and oxygen atoms in total. The fraction of sp³-hybridized carbons (Fsp3) is 0.200. The third-order valence-electron chi connectivity index (χ3n) is 1.86. The monoisotopic (exact) mass is 285 g/mol. The maximum atomic E-state index is 10.2. The fourth-order valence-electron chi connectivity index (χ4n) is 1.25. The van der Waals surface area contributed by atoms with E-state index in [9.17, 15) is 4.79 Å². The molecule has 0 atom stereocenters. The summed E-state index contributed by atoms with van der Waals surface area (Å²) in [6.07, 6.45) is 0. The smallest absolute Gasteiger partial charge is 0.329 e. The van der Waals surface area contributed by atoms with E-state index in [4.69, 9.17) is 14.3 Å². The van der Waals surface area contributed by atoms with Crippen LogP contribution in [-0.4, -0.2) is 22.7 Å². The van der Waals surface area contributed by atoms with E-state index in [2.05, 4.69) is 20.9 Å². The van der Waals surface area contributed by atoms with E-state index < -0.39 is 5.97 Å². The molecule has 0 amide bonds. The molecule has 1 N–H and O–H groups in total. The highest BCUT2D eigenvalue weighted by Gasteiger charge is 2.08. The summed E-state index contributed by atoms with van der Waals surface area (Å²) < 4.78 is 11.1. The molecule has 0 radical (unpaired) electrons. The largest absolute Gasteiger partial charge is 0.480 e. The van der Waals surface area contributed by atoms with Crippen molar-refractivity contribution in [1.82, 2.24) is 4.98 Å². The van der Waals surface area contributed by atoms with Gasteiger partial charge in [0.05, 0.1) is 4.47 Å². The zero-order valence-corrected chi connectivity index (χ0v) is 9.73. The van der Waals surface area contributed by atoms with E-state index in [0.717, 1.165) is 4.47 Å². The molecule has 2 rings (SSSR count). The Bertz CT molecular complexity index is 523. The number of aliphatic carboxylic acids is 1. The van der Waals surface area contributed by atoms with Crippen LogP contribution in [0.25, 0.3) is 11.1 Å². The Kier molecular flexibility index (Phi) is 3.21. The first-order valence-corrected chi connectivity index (χ1v) is 5.29. The summed E-state index contributed by atoms with van der Waals surface area (Å²) in [7, 11) is 0. The van der Waals surface area contributed by atoms with E-state index in [1.165, 1.54) is 0 Å². The van der Waals surface area contributed by atoms with Crippen molar-refractivity contribution in [2.75, 3.05) is 6.61 Å². The minimum absolute atomic E-state index is 0.0490. The third-order valence-corrected chi connectivity index (χ3v) is 2.49. The normalized spacial score (nSPS) is 10.8. The highest BCUT2D eigenvalue weighted by molar-refractivity contribution is 9.10.